The summed E-state index contributed by atoms with van der Waals surface area (Å²) in [5, 5.41) is 3.41. The van der Waals surface area contributed by atoms with Gasteiger partial charge in [-0.2, -0.15) is 0 Å². The number of esters is 1. The highest BCUT2D eigenvalue weighted by Gasteiger charge is 2.15. The zero-order valence-corrected chi connectivity index (χ0v) is 19.8. The first-order valence-corrected chi connectivity index (χ1v) is 11.7. The van der Waals surface area contributed by atoms with Crippen LogP contribution in [0.4, 0.5) is 5.69 Å². The first-order chi connectivity index (χ1) is 16.5. The van der Waals surface area contributed by atoms with Gasteiger partial charge in [0.15, 0.2) is 11.8 Å². The number of aromatic nitrogens is 2. The van der Waals surface area contributed by atoms with Crippen LogP contribution in [0.15, 0.2) is 78.0 Å². The highest BCUT2D eigenvalue weighted by molar-refractivity contribution is 7.99. The number of aryl methyl sites for hydroxylation is 1. The van der Waals surface area contributed by atoms with Gasteiger partial charge in [-0.15, -0.1) is 0 Å². The van der Waals surface area contributed by atoms with E-state index in [1.165, 1.54) is 22.9 Å². The third kappa shape index (κ3) is 5.77. The zero-order chi connectivity index (χ0) is 23.9. The maximum atomic E-state index is 12.3. The predicted molar refractivity (Wildman–Crippen MR) is 133 cm³/mol. The number of carbonyl (C=O) groups excluding carboxylic acids is 2. The van der Waals surface area contributed by atoms with Crippen LogP contribution in [0.2, 0.25) is 0 Å². The Kier molecular flexibility index (Phi) is 7.49. The average Bonchev–Trinajstić information content (AvgIpc) is 3.20. The Balaban J connectivity index is 1.36. The van der Waals surface area contributed by atoms with E-state index in [1.54, 1.807) is 31.4 Å². The Morgan fingerprint density at radius 3 is 2.50 bits per heavy atom. The molecular formula is C26H25N3O4S. The summed E-state index contributed by atoms with van der Waals surface area (Å²) in [6, 6.07) is 23.0. The average molecular weight is 476 g/mol. The van der Waals surface area contributed by atoms with Crippen molar-refractivity contribution >= 4 is 40.4 Å². The second-order valence-electron chi connectivity index (χ2n) is 7.62. The molecule has 0 saturated heterocycles. The van der Waals surface area contributed by atoms with Crippen LogP contribution in [-0.2, 0) is 20.9 Å². The van der Waals surface area contributed by atoms with E-state index in [9.17, 15) is 9.59 Å². The molecule has 0 aliphatic rings. The Morgan fingerprint density at radius 2 is 1.74 bits per heavy atom. The summed E-state index contributed by atoms with van der Waals surface area (Å²) in [6.07, 6.45) is 0. The van der Waals surface area contributed by atoms with E-state index < -0.39 is 11.9 Å². The van der Waals surface area contributed by atoms with E-state index in [2.05, 4.69) is 28.9 Å². The molecule has 1 N–H and O–H groups in total. The van der Waals surface area contributed by atoms with E-state index in [-0.39, 0.29) is 12.4 Å². The number of thioether (sulfide) groups is 1. The first kappa shape index (κ1) is 23.4. The van der Waals surface area contributed by atoms with E-state index in [0.29, 0.717) is 18.0 Å². The number of hydrogen-bond acceptors (Lipinski definition) is 6. The Labute approximate surface area is 202 Å². The van der Waals surface area contributed by atoms with Crippen molar-refractivity contribution in [3.8, 4) is 5.75 Å². The molecule has 3 aromatic carbocycles. The van der Waals surface area contributed by atoms with E-state index >= 15 is 0 Å². The van der Waals surface area contributed by atoms with Gasteiger partial charge in [0.2, 0.25) is 0 Å². The number of benzene rings is 3. The Bertz CT molecular complexity index is 1300. The van der Waals surface area contributed by atoms with Gasteiger partial charge in [-0.25, -0.2) is 4.98 Å². The number of para-hydroxylation sites is 2. The lowest BCUT2D eigenvalue weighted by molar-refractivity contribution is -0.144. The third-order valence-electron chi connectivity index (χ3n) is 5.27. The monoisotopic (exact) mass is 475 g/mol. The smallest absolute Gasteiger partial charge is 0.316 e. The van der Waals surface area contributed by atoms with Gasteiger partial charge < -0.3 is 19.4 Å². The molecule has 0 saturated carbocycles. The van der Waals surface area contributed by atoms with Crippen LogP contribution < -0.4 is 10.1 Å². The van der Waals surface area contributed by atoms with Crippen molar-refractivity contribution in [2.24, 2.45) is 0 Å². The highest BCUT2D eigenvalue weighted by Crippen LogP contribution is 2.26. The SMILES string of the molecule is COc1ccc(NC(=O)COC(=O)CSc2nc3ccccc3n2Cc2ccccc2C)cc1. The van der Waals surface area contributed by atoms with Crippen LogP contribution >= 0.6 is 11.8 Å². The maximum Gasteiger partial charge on any atom is 0.316 e. The van der Waals surface area contributed by atoms with Gasteiger partial charge >= 0.3 is 5.97 Å². The van der Waals surface area contributed by atoms with Crippen molar-refractivity contribution in [3.05, 3.63) is 83.9 Å². The number of anilines is 1. The first-order valence-electron chi connectivity index (χ1n) is 10.8. The van der Waals surface area contributed by atoms with Crippen molar-refractivity contribution < 1.29 is 19.1 Å². The fourth-order valence-electron chi connectivity index (χ4n) is 3.46. The number of hydrogen-bond donors (Lipinski definition) is 1. The lowest BCUT2D eigenvalue weighted by atomic mass is 10.1. The molecule has 0 atom stereocenters. The van der Waals surface area contributed by atoms with Crippen LogP contribution in [0, 0.1) is 6.92 Å². The molecule has 1 heterocycles. The molecule has 0 fully saturated rings. The molecule has 7 nitrogen and oxygen atoms in total. The van der Waals surface area contributed by atoms with E-state index in [4.69, 9.17) is 14.5 Å². The summed E-state index contributed by atoms with van der Waals surface area (Å²) in [5.41, 5.74) is 4.84. The summed E-state index contributed by atoms with van der Waals surface area (Å²) in [7, 11) is 1.57. The molecule has 4 aromatic rings. The number of fused-ring (bicyclic) bond motifs is 1. The summed E-state index contributed by atoms with van der Waals surface area (Å²) >= 11 is 1.30. The Hall–Kier alpha value is -3.78. The van der Waals surface area contributed by atoms with Gasteiger partial charge in [0.05, 0.1) is 30.4 Å². The van der Waals surface area contributed by atoms with Crippen molar-refractivity contribution in [3.63, 3.8) is 0 Å². The minimum absolute atomic E-state index is 0.0485. The molecule has 1 aromatic heterocycles. The van der Waals surface area contributed by atoms with Crippen LogP contribution in [0.5, 0.6) is 5.75 Å². The number of imidazole rings is 1. The number of nitrogens with zero attached hydrogens (tertiary/aromatic N) is 2. The molecule has 1 amide bonds. The van der Waals surface area contributed by atoms with Crippen molar-refractivity contribution in [2.75, 3.05) is 24.8 Å². The quantitative estimate of drug-likeness (QED) is 0.280. The number of methoxy groups -OCH3 is 1. The summed E-state index contributed by atoms with van der Waals surface area (Å²) in [4.78, 5) is 29.1. The van der Waals surface area contributed by atoms with Crippen molar-refractivity contribution in [1.82, 2.24) is 9.55 Å². The fraction of sp³-hybridized carbons (Fsp3) is 0.192. The van der Waals surface area contributed by atoms with Crippen molar-refractivity contribution in [2.45, 2.75) is 18.6 Å². The number of amides is 1. The second-order valence-corrected chi connectivity index (χ2v) is 8.56. The van der Waals surface area contributed by atoms with E-state index in [0.717, 1.165) is 16.2 Å². The molecule has 0 radical (unpaired) electrons. The van der Waals surface area contributed by atoms with Crippen LogP contribution in [-0.4, -0.2) is 40.9 Å². The Morgan fingerprint density at radius 1 is 1.00 bits per heavy atom. The lowest BCUT2D eigenvalue weighted by Gasteiger charge is -2.11. The van der Waals surface area contributed by atoms with Gasteiger partial charge in [-0.05, 0) is 54.4 Å². The molecule has 34 heavy (non-hydrogen) atoms. The molecule has 4 rings (SSSR count). The van der Waals surface area contributed by atoms with Gasteiger partial charge in [0.1, 0.15) is 5.75 Å². The third-order valence-corrected chi connectivity index (χ3v) is 6.22. The molecule has 0 spiro atoms. The number of ether oxygens (including phenoxy) is 2. The zero-order valence-electron chi connectivity index (χ0n) is 19.0. The minimum Gasteiger partial charge on any atom is -0.497 e. The van der Waals surface area contributed by atoms with Gasteiger partial charge in [0.25, 0.3) is 5.91 Å². The minimum atomic E-state index is -0.482. The highest BCUT2D eigenvalue weighted by atomic mass is 32.2. The molecule has 0 aliphatic heterocycles. The van der Waals surface area contributed by atoms with Crippen LogP contribution in [0.3, 0.4) is 0 Å². The molecular weight excluding hydrogens is 450 g/mol. The summed E-state index contributed by atoms with van der Waals surface area (Å²) < 4.78 is 12.4. The molecule has 8 heteroatoms. The molecule has 174 valence electrons. The van der Waals surface area contributed by atoms with Gasteiger partial charge in [-0.3, -0.25) is 9.59 Å². The predicted octanol–water partition coefficient (Wildman–Crippen LogP) is 4.68. The number of nitrogens with one attached hydrogen (secondary N) is 1. The fourth-order valence-corrected chi connectivity index (χ4v) is 4.27. The van der Waals surface area contributed by atoms with Crippen molar-refractivity contribution in [1.29, 1.82) is 0 Å². The summed E-state index contributed by atoms with van der Waals surface area (Å²) in [5.74, 6) is -0.151. The molecule has 0 aliphatic carbocycles. The molecule has 0 unspecified atom stereocenters. The largest absolute Gasteiger partial charge is 0.497 e. The van der Waals surface area contributed by atoms with Gasteiger partial charge in [-0.1, -0.05) is 48.2 Å². The van der Waals surface area contributed by atoms with Crippen LogP contribution in [0.1, 0.15) is 11.1 Å². The van der Waals surface area contributed by atoms with Crippen LogP contribution in [0.25, 0.3) is 11.0 Å². The number of rotatable bonds is 9. The van der Waals surface area contributed by atoms with E-state index in [1.807, 2.05) is 36.4 Å². The van der Waals surface area contributed by atoms with Gasteiger partial charge in [0, 0.05) is 5.69 Å². The topological polar surface area (TPSA) is 82.4 Å². The summed E-state index contributed by atoms with van der Waals surface area (Å²) in [6.45, 7) is 2.37. The maximum absolute atomic E-state index is 12.3. The standard InChI is InChI=1S/C26H25N3O4S/c1-18-7-3-4-8-19(18)15-29-23-10-6-5-9-22(23)28-26(29)34-17-25(31)33-16-24(30)27-20-11-13-21(32-2)14-12-20/h3-14H,15-17H2,1-2H3,(H,27,30). The lowest BCUT2D eigenvalue weighted by Crippen LogP contribution is -2.21. The number of carbonyl (C=O) groups is 2. The molecule has 0 bridgehead atoms. The second kappa shape index (κ2) is 10.9. The normalized spacial score (nSPS) is 10.8.